The summed E-state index contributed by atoms with van der Waals surface area (Å²) in [6.07, 6.45) is 1.43. The molecule has 1 amide bonds. The molecule has 198 valence electrons. The number of aliphatic imine (C=N–C) groups is 1. The second-order valence-electron chi connectivity index (χ2n) is 7.42. The summed E-state index contributed by atoms with van der Waals surface area (Å²) in [5.74, 6) is 0.359. The molecule has 1 heterocycles. The van der Waals surface area contributed by atoms with Gasteiger partial charge in [0.15, 0.2) is 5.96 Å². The number of hydrogen-bond donors (Lipinski definition) is 6. The van der Waals surface area contributed by atoms with Crippen molar-refractivity contribution in [3.8, 4) is 5.75 Å². The first-order chi connectivity index (χ1) is 16.5. The number of carbonyl (C=O) groups excluding carboxylic acids is 1. The maximum absolute atomic E-state index is 12.3. The van der Waals surface area contributed by atoms with Crippen LogP contribution in [0.1, 0.15) is 21.6 Å². The van der Waals surface area contributed by atoms with Crippen LogP contribution in [0.5, 0.6) is 5.75 Å². The van der Waals surface area contributed by atoms with Crippen LogP contribution in [-0.4, -0.2) is 62.4 Å². The molecule has 0 bridgehead atoms. The van der Waals surface area contributed by atoms with Crippen LogP contribution < -0.4 is 21.5 Å². The van der Waals surface area contributed by atoms with Gasteiger partial charge in [0.2, 0.25) is 0 Å². The van der Waals surface area contributed by atoms with Gasteiger partial charge in [-0.3, -0.25) is 24.2 Å². The number of aromatic amines is 1. The lowest BCUT2D eigenvalue weighted by Crippen LogP contribution is -2.36. The monoisotopic (exact) mass is 543 g/mol. The van der Waals surface area contributed by atoms with Crippen LogP contribution in [0.25, 0.3) is 10.9 Å². The number of nitrogen functional groups attached to an aromatic ring is 1. The van der Waals surface area contributed by atoms with Crippen LogP contribution in [0.3, 0.4) is 0 Å². The Balaban J connectivity index is 0.000000550. The Kier molecular flexibility index (Phi) is 10.9. The first-order valence-corrected chi connectivity index (χ1v) is 13.7. The Morgan fingerprint density at radius 3 is 2.19 bits per heavy atom. The SMILES string of the molecule is CN=C(N)NC(=O)c1cc2c(C)ccc(OCc3cccc(N)c3)c2[nH]1.CS(=O)(=O)O.CS(=O)(=O)O. The Hall–Kier alpha value is -3.66. The largest absolute Gasteiger partial charge is 0.487 e. The van der Waals surface area contributed by atoms with E-state index in [2.05, 4.69) is 15.3 Å². The fourth-order valence-corrected chi connectivity index (χ4v) is 2.66. The second kappa shape index (κ2) is 12.9. The molecule has 0 aliphatic carbocycles. The molecule has 13 nitrogen and oxygen atoms in total. The topological polar surface area (TPSA) is 227 Å². The van der Waals surface area contributed by atoms with Crippen molar-refractivity contribution < 1.29 is 35.5 Å². The van der Waals surface area contributed by atoms with Crippen molar-refractivity contribution in [2.24, 2.45) is 10.7 Å². The molecule has 0 saturated carbocycles. The number of carbonyl (C=O) groups is 1. The number of rotatable bonds is 4. The summed E-state index contributed by atoms with van der Waals surface area (Å²) in [7, 11) is -5.83. The van der Waals surface area contributed by atoms with Crippen LogP contribution in [0.15, 0.2) is 47.5 Å². The van der Waals surface area contributed by atoms with Gasteiger partial charge in [-0.05, 0) is 42.3 Å². The van der Waals surface area contributed by atoms with Crippen LogP contribution in [-0.2, 0) is 26.8 Å². The van der Waals surface area contributed by atoms with E-state index in [-0.39, 0.29) is 11.9 Å². The zero-order chi connectivity index (χ0) is 27.7. The number of fused-ring (bicyclic) bond motifs is 1. The van der Waals surface area contributed by atoms with E-state index in [0.717, 1.165) is 22.0 Å². The molecule has 0 fully saturated rings. The molecule has 36 heavy (non-hydrogen) atoms. The molecule has 0 aliphatic heterocycles. The third-order valence-corrected chi connectivity index (χ3v) is 4.05. The van der Waals surface area contributed by atoms with Gasteiger partial charge in [0.25, 0.3) is 26.1 Å². The fourth-order valence-electron chi connectivity index (χ4n) is 2.66. The molecule has 0 unspecified atom stereocenters. The van der Waals surface area contributed by atoms with E-state index in [4.69, 9.17) is 25.3 Å². The molecule has 3 rings (SSSR count). The van der Waals surface area contributed by atoms with Gasteiger partial charge in [0.1, 0.15) is 18.1 Å². The predicted octanol–water partition coefficient (Wildman–Crippen LogP) is 1.32. The number of anilines is 1. The molecule has 0 spiro atoms. The molecule has 1 aromatic heterocycles. The molecule has 0 atom stereocenters. The summed E-state index contributed by atoms with van der Waals surface area (Å²) >= 11 is 0. The van der Waals surface area contributed by atoms with Crippen molar-refractivity contribution in [3.63, 3.8) is 0 Å². The van der Waals surface area contributed by atoms with Crippen molar-refractivity contribution >= 4 is 48.7 Å². The third-order valence-electron chi connectivity index (χ3n) is 4.05. The van der Waals surface area contributed by atoms with E-state index < -0.39 is 20.2 Å². The number of aromatic nitrogens is 1. The third kappa shape index (κ3) is 12.2. The van der Waals surface area contributed by atoms with Gasteiger partial charge in [-0.25, -0.2) is 0 Å². The molecule has 8 N–H and O–H groups in total. The van der Waals surface area contributed by atoms with Crippen LogP contribution in [0.2, 0.25) is 0 Å². The van der Waals surface area contributed by atoms with E-state index in [1.807, 2.05) is 43.3 Å². The highest BCUT2D eigenvalue weighted by Crippen LogP contribution is 2.29. The van der Waals surface area contributed by atoms with Crippen molar-refractivity contribution in [1.82, 2.24) is 10.3 Å². The number of aryl methyl sites for hydroxylation is 1. The number of nitrogens with one attached hydrogen (secondary N) is 2. The number of nitrogens with two attached hydrogens (primary N) is 2. The summed E-state index contributed by atoms with van der Waals surface area (Å²) in [5.41, 5.74) is 15.2. The maximum Gasteiger partial charge on any atom is 0.274 e. The first-order valence-electron chi connectivity index (χ1n) is 9.96. The number of amides is 1. The average molecular weight is 544 g/mol. The number of hydrogen-bond acceptors (Lipinski definition) is 8. The zero-order valence-electron chi connectivity index (χ0n) is 20.0. The molecule has 0 saturated heterocycles. The van der Waals surface area contributed by atoms with E-state index in [0.29, 0.717) is 36.2 Å². The zero-order valence-corrected chi connectivity index (χ0v) is 21.6. The summed E-state index contributed by atoms with van der Waals surface area (Å²) < 4.78 is 57.7. The van der Waals surface area contributed by atoms with Gasteiger partial charge in [-0.2, -0.15) is 16.8 Å². The lowest BCUT2D eigenvalue weighted by molar-refractivity contribution is 0.0972. The van der Waals surface area contributed by atoms with E-state index in [1.165, 1.54) is 7.05 Å². The highest BCUT2D eigenvalue weighted by molar-refractivity contribution is 7.85. The van der Waals surface area contributed by atoms with Gasteiger partial charge in [0.05, 0.1) is 18.0 Å². The maximum atomic E-state index is 12.3. The number of H-pyrrole nitrogens is 1. The van der Waals surface area contributed by atoms with Crippen LogP contribution in [0, 0.1) is 6.92 Å². The highest BCUT2D eigenvalue weighted by Gasteiger charge is 2.14. The van der Waals surface area contributed by atoms with Gasteiger partial charge in [-0.15, -0.1) is 0 Å². The molecule has 2 aromatic carbocycles. The number of nitrogens with zero attached hydrogens (tertiary/aromatic N) is 1. The van der Waals surface area contributed by atoms with Crippen molar-refractivity contribution in [1.29, 1.82) is 0 Å². The summed E-state index contributed by atoms with van der Waals surface area (Å²) in [6, 6.07) is 13.1. The second-order valence-corrected chi connectivity index (χ2v) is 10.3. The standard InChI is InChI=1S/C19H21N5O2.2CH4O3S/c1-11-6-7-16(26-10-12-4-3-5-13(20)8-12)17-14(11)9-15(23-17)18(25)24-19(21)22-2;2*1-5(2,3)4/h3-9,23H,10,20H2,1-2H3,(H3,21,22,24,25);2*1H3,(H,2,3,4). The van der Waals surface area contributed by atoms with Crippen molar-refractivity contribution in [2.75, 3.05) is 25.3 Å². The lowest BCUT2D eigenvalue weighted by atomic mass is 10.1. The minimum absolute atomic E-state index is 0.0588. The fraction of sp³-hybridized carbons (Fsp3) is 0.238. The smallest absolute Gasteiger partial charge is 0.274 e. The van der Waals surface area contributed by atoms with E-state index in [9.17, 15) is 21.6 Å². The Morgan fingerprint density at radius 2 is 1.67 bits per heavy atom. The van der Waals surface area contributed by atoms with E-state index >= 15 is 0 Å². The molecule has 0 radical (unpaired) electrons. The first kappa shape index (κ1) is 30.4. The van der Waals surface area contributed by atoms with Gasteiger partial charge in [-0.1, -0.05) is 18.2 Å². The summed E-state index contributed by atoms with van der Waals surface area (Å²) in [5, 5.41) is 3.42. The van der Waals surface area contributed by atoms with Gasteiger partial charge >= 0.3 is 0 Å². The molecule has 15 heteroatoms. The average Bonchev–Trinajstić information content (AvgIpc) is 3.17. The quantitative estimate of drug-likeness (QED) is 0.120. The number of ether oxygens (including phenoxy) is 1. The summed E-state index contributed by atoms with van der Waals surface area (Å²) in [4.78, 5) is 19.1. The normalized spacial score (nSPS) is 11.6. The predicted molar refractivity (Wildman–Crippen MR) is 138 cm³/mol. The highest BCUT2D eigenvalue weighted by atomic mass is 32.2. The summed E-state index contributed by atoms with van der Waals surface area (Å²) in [6.45, 7) is 2.35. The molecular formula is C21H29N5O8S2. The minimum Gasteiger partial charge on any atom is -0.487 e. The van der Waals surface area contributed by atoms with Gasteiger partial charge < -0.3 is 21.2 Å². The van der Waals surface area contributed by atoms with Crippen LogP contribution >= 0.6 is 0 Å². The van der Waals surface area contributed by atoms with Crippen molar-refractivity contribution in [2.45, 2.75) is 13.5 Å². The molecular weight excluding hydrogens is 514 g/mol. The Bertz CT molecular complexity index is 1400. The molecule has 3 aromatic rings. The molecule has 0 aliphatic rings. The number of benzene rings is 2. The Morgan fingerprint density at radius 1 is 1.08 bits per heavy atom. The number of guanidine groups is 1. The van der Waals surface area contributed by atoms with Gasteiger partial charge in [0, 0.05) is 18.1 Å². The lowest BCUT2D eigenvalue weighted by Gasteiger charge is -2.09. The Labute approximate surface area is 209 Å². The minimum atomic E-state index is -3.67. The van der Waals surface area contributed by atoms with Crippen molar-refractivity contribution in [3.05, 3.63) is 59.3 Å². The van der Waals surface area contributed by atoms with Crippen LogP contribution in [0.4, 0.5) is 5.69 Å². The van der Waals surface area contributed by atoms with E-state index in [1.54, 1.807) is 6.07 Å².